The third kappa shape index (κ3) is 5.02. The summed E-state index contributed by atoms with van der Waals surface area (Å²) in [4.78, 5) is 14.2. The molecule has 0 aromatic heterocycles. The van der Waals surface area contributed by atoms with Crippen molar-refractivity contribution in [1.29, 1.82) is 0 Å². The summed E-state index contributed by atoms with van der Waals surface area (Å²) in [5, 5.41) is 2.74. The zero-order valence-corrected chi connectivity index (χ0v) is 13.4. The van der Waals surface area contributed by atoms with Gasteiger partial charge in [0.1, 0.15) is 0 Å². The van der Waals surface area contributed by atoms with Crippen molar-refractivity contribution in [3.63, 3.8) is 0 Å². The molecule has 1 rings (SSSR count). The predicted octanol–water partition coefficient (Wildman–Crippen LogP) is 3.47. The van der Waals surface area contributed by atoms with Crippen molar-refractivity contribution in [1.82, 2.24) is 10.2 Å². The number of nitrogens with zero attached hydrogens (tertiary/aromatic N) is 1. The van der Waals surface area contributed by atoms with Gasteiger partial charge in [-0.3, -0.25) is 4.79 Å². The van der Waals surface area contributed by atoms with Crippen LogP contribution in [-0.2, 0) is 6.18 Å². The Balaban J connectivity index is 2.85. The van der Waals surface area contributed by atoms with E-state index in [2.05, 4.69) is 12.2 Å². The SMILES string of the molecule is CCCC(CNC(=O)c1cc(C(F)(F)F)ccc1C)N(C)C. The molecule has 1 atom stereocenters. The average Bonchev–Trinajstić information content (AvgIpc) is 2.41. The molecule has 0 aliphatic rings. The van der Waals surface area contributed by atoms with E-state index in [4.69, 9.17) is 0 Å². The van der Waals surface area contributed by atoms with Gasteiger partial charge in [0.2, 0.25) is 0 Å². The summed E-state index contributed by atoms with van der Waals surface area (Å²) in [7, 11) is 3.84. The highest BCUT2D eigenvalue weighted by molar-refractivity contribution is 5.95. The molecule has 0 saturated carbocycles. The molecule has 0 aliphatic heterocycles. The number of alkyl halides is 3. The van der Waals surface area contributed by atoms with E-state index in [9.17, 15) is 18.0 Å². The van der Waals surface area contributed by atoms with Gasteiger partial charge in [-0.2, -0.15) is 13.2 Å². The summed E-state index contributed by atoms with van der Waals surface area (Å²) in [6.45, 7) is 4.09. The fourth-order valence-corrected chi connectivity index (χ4v) is 2.22. The largest absolute Gasteiger partial charge is 0.416 e. The Morgan fingerprint density at radius 1 is 1.32 bits per heavy atom. The van der Waals surface area contributed by atoms with Crippen LogP contribution in [0.5, 0.6) is 0 Å². The van der Waals surface area contributed by atoms with Gasteiger partial charge in [0.05, 0.1) is 5.56 Å². The van der Waals surface area contributed by atoms with E-state index in [1.54, 1.807) is 6.92 Å². The molecule has 22 heavy (non-hydrogen) atoms. The van der Waals surface area contributed by atoms with Crippen LogP contribution < -0.4 is 5.32 Å². The Hall–Kier alpha value is -1.56. The second-order valence-corrected chi connectivity index (χ2v) is 5.64. The van der Waals surface area contributed by atoms with E-state index in [1.807, 2.05) is 19.0 Å². The molecule has 0 spiro atoms. The first-order chi connectivity index (χ1) is 10.2. The predicted molar refractivity (Wildman–Crippen MR) is 80.9 cm³/mol. The van der Waals surface area contributed by atoms with Crippen molar-refractivity contribution >= 4 is 5.91 Å². The number of carbonyl (C=O) groups is 1. The topological polar surface area (TPSA) is 32.3 Å². The number of carbonyl (C=O) groups excluding carboxylic acids is 1. The van der Waals surface area contributed by atoms with Crippen molar-refractivity contribution in [2.24, 2.45) is 0 Å². The van der Waals surface area contributed by atoms with E-state index < -0.39 is 17.6 Å². The first-order valence-electron chi connectivity index (χ1n) is 7.29. The van der Waals surface area contributed by atoms with E-state index in [0.29, 0.717) is 12.1 Å². The van der Waals surface area contributed by atoms with E-state index >= 15 is 0 Å². The van der Waals surface area contributed by atoms with Gasteiger partial charge in [0.15, 0.2) is 0 Å². The van der Waals surface area contributed by atoms with Crippen LogP contribution in [-0.4, -0.2) is 37.5 Å². The lowest BCUT2D eigenvalue weighted by Gasteiger charge is -2.24. The number of benzene rings is 1. The first kappa shape index (κ1) is 18.5. The summed E-state index contributed by atoms with van der Waals surface area (Å²) in [6, 6.07) is 3.40. The van der Waals surface area contributed by atoms with Crippen LogP contribution in [0.25, 0.3) is 0 Å². The molecule has 1 unspecified atom stereocenters. The highest BCUT2D eigenvalue weighted by Crippen LogP contribution is 2.30. The van der Waals surface area contributed by atoms with Crippen LogP contribution in [0, 0.1) is 6.92 Å². The minimum atomic E-state index is -4.45. The van der Waals surface area contributed by atoms with Crippen LogP contribution in [0.3, 0.4) is 0 Å². The van der Waals surface area contributed by atoms with Gasteiger partial charge in [-0.15, -0.1) is 0 Å². The molecular weight excluding hydrogens is 293 g/mol. The van der Waals surface area contributed by atoms with E-state index in [-0.39, 0.29) is 11.6 Å². The molecule has 3 nitrogen and oxygen atoms in total. The number of hydrogen-bond acceptors (Lipinski definition) is 2. The lowest BCUT2D eigenvalue weighted by atomic mass is 10.0. The average molecular weight is 316 g/mol. The van der Waals surface area contributed by atoms with E-state index in [1.165, 1.54) is 6.07 Å². The standard InChI is InChI=1S/C16H23F3N2O/c1-5-6-13(21(3)4)10-20-15(22)14-9-12(16(17,18)19)8-7-11(14)2/h7-9,13H,5-6,10H2,1-4H3,(H,20,22). The van der Waals surface area contributed by atoms with Crippen molar-refractivity contribution in [2.45, 2.75) is 38.9 Å². The van der Waals surface area contributed by atoms with Gasteiger partial charge in [0, 0.05) is 18.2 Å². The highest BCUT2D eigenvalue weighted by atomic mass is 19.4. The number of hydrogen-bond donors (Lipinski definition) is 1. The molecular formula is C16H23F3N2O. The van der Waals surface area contributed by atoms with Crippen molar-refractivity contribution in [2.75, 3.05) is 20.6 Å². The van der Waals surface area contributed by atoms with Crippen LogP contribution in [0.2, 0.25) is 0 Å². The number of amides is 1. The lowest BCUT2D eigenvalue weighted by Crippen LogP contribution is -2.40. The zero-order chi connectivity index (χ0) is 16.9. The van der Waals surface area contributed by atoms with Gasteiger partial charge in [-0.05, 0) is 45.1 Å². The Kier molecular flexibility index (Phi) is 6.41. The molecule has 1 N–H and O–H groups in total. The zero-order valence-electron chi connectivity index (χ0n) is 13.4. The fraction of sp³-hybridized carbons (Fsp3) is 0.562. The molecule has 0 radical (unpaired) electrons. The summed E-state index contributed by atoms with van der Waals surface area (Å²) < 4.78 is 38.2. The number of likely N-dealkylation sites (N-methyl/N-ethyl adjacent to an activating group) is 1. The Morgan fingerprint density at radius 3 is 2.45 bits per heavy atom. The van der Waals surface area contributed by atoms with E-state index in [0.717, 1.165) is 25.0 Å². The van der Waals surface area contributed by atoms with Gasteiger partial charge in [-0.1, -0.05) is 19.4 Å². The first-order valence-corrected chi connectivity index (χ1v) is 7.29. The lowest BCUT2D eigenvalue weighted by molar-refractivity contribution is -0.137. The fourth-order valence-electron chi connectivity index (χ4n) is 2.22. The molecule has 6 heteroatoms. The van der Waals surface area contributed by atoms with Crippen LogP contribution >= 0.6 is 0 Å². The summed E-state index contributed by atoms with van der Waals surface area (Å²) in [5.74, 6) is -0.466. The normalized spacial score (nSPS) is 13.3. The summed E-state index contributed by atoms with van der Waals surface area (Å²) in [6.07, 6.45) is -2.56. The Bertz CT molecular complexity index is 513. The quantitative estimate of drug-likeness (QED) is 0.871. The minimum Gasteiger partial charge on any atom is -0.350 e. The summed E-state index contributed by atoms with van der Waals surface area (Å²) in [5.41, 5.74) is -0.202. The number of aryl methyl sites for hydroxylation is 1. The Labute approximate surface area is 129 Å². The smallest absolute Gasteiger partial charge is 0.350 e. The van der Waals surface area contributed by atoms with Gasteiger partial charge in [-0.25, -0.2) is 0 Å². The second kappa shape index (κ2) is 7.63. The van der Waals surface area contributed by atoms with Crippen LogP contribution in [0.4, 0.5) is 13.2 Å². The maximum Gasteiger partial charge on any atom is 0.416 e. The maximum atomic E-state index is 12.7. The van der Waals surface area contributed by atoms with Gasteiger partial charge >= 0.3 is 6.18 Å². The molecule has 1 amide bonds. The number of halogens is 3. The van der Waals surface area contributed by atoms with Crippen molar-refractivity contribution in [3.05, 3.63) is 34.9 Å². The molecule has 0 saturated heterocycles. The maximum absolute atomic E-state index is 12.7. The summed E-state index contributed by atoms with van der Waals surface area (Å²) >= 11 is 0. The molecule has 124 valence electrons. The molecule has 1 aromatic carbocycles. The van der Waals surface area contributed by atoms with Gasteiger partial charge in [0.25, 0.3) is 5.91 Å². The van der Waals surface area contributed by atoms with Crippen molar-refractivity contribution in [3.8, 4) is 0 Å². The Morgan fingerprint density at radius 2 is 1.95 bits per heavy atom. The second-order valence-electron chi connectivity index (χ2n) is 5.64. The molecule has 0 bridgehead atoms. The van der Waals surface area contributed by atoms with Crippen LogP contribution in [0.15, 0.2) is 18.2 Å². The molecule has 0 aliphatic carbocycles. The molecule has 0 heterocycles. The van der Waals surface area contributed by atoms with Crippen molar-refractivity contribution < 1.29 is 18.0 Å². The van der Waals surface area contributed by atoms with Gasteiger partial charge < -0.3 is 10.2 Å². The number of nitrogens with one attached hydrogen (secondary N) is 1. The third-order valence-corrected chi connectivity index (χ3v) is 3.66. The molecule has 1 aromatic rings. The van der Waals surface area contributed by atoms with Crippen LogP contribution in [0.1, 0.15) is 41.3 Å². The number of rotatable bonds is 6. The highest BCUT2D eigenvalue weighted by Gasteiger charge is 2.31. The molecule has 0 fully saturated rings. The third-order valence-electron chi connectivity index (χ3n) is 3.66. The monoisotopic (exact) mass is 316 g/mol. The minimum absolute atomic E-state index is 0.0730.